The van der Waals surface area contributed by atoms with Gasteiger partial charge in [-0.15, -0.1) is 0 Å². The fourth-order valence-corrected chi connectivity index (χ4v) is 16.5. The zero-order valence-corrected chi connectivity index (χ0v) is 56.0. The fourth-order valence-electron chi connectivity index (χ4n) is 15.3. The van der Waals surface area contributed by atoms with Crippen LogP contribution >= 0.6 is 7.82 Å². The van der Waals surface area contributed by atoms with Gasteiger partial charge in [0.25, 0.3) is 0 Å². The smallest absolute Gasteiger partial charge is 0.693 e. The van der Waals surface area contributed by atoms with Gasteiger partial charge < -0.3 is 75.6 Å². The van der Waals surface area contributed by atoms with Crippen molar-refractivity contribution in [2.24, 2.45) is 94.7 Å². The zero-order chi connectivity index (χ0) is 66.7. The number of benzene rings is 1. The van der Waals surface area contributed by atoms with E-state index in [4.69, 9.17) is 68.5 Å². The Morgan fingerprint density at radius 2 is 1.37 bits per heavy atom. The van der Waals surface area contributed by atoms with Crippen LogP contribution < -0.4 is 39.7 Å². The van der Waals surface area contributed by atoms with Crippen LogP contribution in [0, 0.1) is 59.2 Å². The summed E-state index contributed by atoms with van der Waals surface area (Å²) in [5, 5.41) is 30.2. The minimum Gasteiger partial charge on any atom is -0.693 e. The molecule has 1 radical (unpaired) electrons. The largest absolute Gasteiger partial charge is 2.00 e. The number of carbonyl (C=O) groups excluding carboxylic acids is 7. The normalized spacial score (nSPS) is 33.5. The van der Waals surface area contributed by atoms with Crippen LogP contribution in [0.1, 0.15) is 150 Å². The number of nitrogens with zero attached hydrogens (tertiary/aromatic N) is 6. The van der Waals surface area contributed by atoms with Gasteiger partial charge in [0, 0.05) is 114 Å². The van der Waals surface area contributed by atoms with Crippen molar-refractivity contribution < 1.29 is 83.8 Å². The number of rotatable bonds is 26. The molecule has 92 heavy (non-hydrogen) atoms. The number of nitrogens with one attached hydrogen (secondary N) is 1. The molecule has 3 unspecified atom stereocenters. The first-order valence-electron chi connectivity index (χ1n) is 30.5. The third kappa shape index (κ3) is 14.1. The molecule has 2 saturated heterocycles. The molecule has 1 aromatic carbocycles. The predicted octanol–water partition coefficient (Wildman–Crippen LogP) is 4.66. The molecule has 6 aliphatic heterocycles. The first kappa shape index (κ1) is 74.5. The molecule has 8 bridgehead atoms. The molecule has 15 atom stereocenters. The van der Waals surface area contributed by atoms with E-state index in [1.807, 2.05) is 80.5 Å². The van der Waals surface area contributed by atoms with Crippen molar-refractivity contribution in [1.29, 1.82) is 0 Å². The summed E-state index contributed by atoms with van der Waals surface area (Å²) in [5.41, 5.74) is 36.8. The second-order valence-corrected chi connectivity index (χ2v) is 28.4. The van der Waals surface area contributed by atoms with Crippen molar-refractivity contribution in [1.82, 2.24) is 14.9 Å². The number of aliphatic hydroxyl groups is 2. The van der Waals surface area contributed by atoms with E-state index in [9.17, 15) is 53.2 Å². The molecule has 30 heteroatoms. The molecule has 1 aromatic heterocycles. The van der Waals surface area contributed by atoms with Crippen LogP contribution in [-0.2, 0) is 68.7 Å². The van der Waals surface area contributed by atoms with Crippen LogP contribution in [0.5, 0.6) is 0 Å². The van der Waals surface area contributed by atoms with Crippen LogP contribution in [0.2, 0.25) is 0 Å². The Morgan fingerprint density at radius 3 is 1.95 bits per heavy atom. The van der Waals surface area contributed by atoms with Gasteiger partial charge in [-0.2, -0.15) is 5.70 Å². The number of phosphoric ester groups is 1. The molecule has 0 aliphatic carbocycles. The number of aliphatic imine (C=N–C) groups is 3. The maximum Gasteiger partial charge on any atom is 2.00 e. The van der Waals surface area contributed by atoms with Crippen molar-refractivity contribution in [3.05, 3.63) is 75.4 Å². The van der Waals surface area contributed by atoms with Crippen molar-refractivity contribution in [3.8, 4) is 0 Å². The van der Waals surface area contributed by atoms with E-state index in [1.165, 1.54) is 13.3 Å². The van der Waals surface area contributed by atoms with Gasteiger partial charge in [-0.3, -0.25) is 57.6 Å². The van der Waals surface area contributed by atoms with Gasteiger partial charge in [0.05, 0.1) is 30.1 Å². The Hall–Kier alpha value is -6.53. The number of aliphatic hydroxyl groups excluding tert-OH is 2. The molecule has 8 rings (SSSR count). The molecule has 0 spiro atoms. The maximum absolute atomic E-state index is 14.4. The fraction of sp³-hybridized carbons (Fsp3) is 0.629. The quantitative estimate of drug-likeness (QED) is 0.0573. The summed E-state index contributed by atoms with van der Waals surface area (Å²) in [4.78, 5) is 125. The third-order valence-corrected chi connectivity index (χ3v) is 21.6. The second kappa shape index (κ2) is 27.8. The minimum absolute atomic E-state index is 0. The Kier molecular flexibility index (Phi) is 22.5. The molecular weight excluding hydrogens is 1250 g/mol. The van der Waals surface area contributed by atoms with Crippen LogP contribution in [0.15, 0.2) is 67.8 Å². The maximum atomic E-state index is 14.4. The first-order valence-corrected chi connectivity index (χ1v) is 32.0. The van der Waals surface area contributed by atoms with Gasteiger partial charge in [0.2, 0.25) is 41.4 Å². The van der Waals surface area contributed by atoms with Gasteiger partial charge in [0.15, 0.2) is 6.23 Å². The summed E-state index contributed by atoms with van der Waals surface area (Å²) in [6.07, 6.45) is -4.47. The van der Waals surface area contributed by atoms with E-state index in [-0.39, 0.29) is 100 Å². The van der Waals surface area contributed by atoms with Crippen LogP contribution in [0.4, 0.5) is 0 Å². The second-order valence-electron chi connectivity index (χ2n) is 27.0. The number of fused-ring (bicyclic) bond motifs is 7. The number of hydrogen-bond acceptors (Lipinski definition) is 17. The summed E-state index contributed by atoms with van der Waals surface area (Å²) in [7, 11) is -5.07. The topological polar surface area (TPSA) is 496 Å². The van der Waals surface area contributed by atoms with E-state index >= 15 is 0 Å². The van der Waals surface area contributed by atoms with E-state index < -0.39 is 143 Å². The van der Waals surface area contributed by atoms with Gasteiger partial charge >= 0.3 is 24.6 Å². The van der Waals surface area contributed by atoms with E-state index in [0.717, 1.165) is 11.1 Å². The molecule has 7 heterocycles. The molecule has 7 amide bonds. The Balaban J connectivity index is 0.00000672. The number of amides is 7. The summed E-state index contributed by atoms with van der Waals surface area (Å²) in [6, 6.07) is 2.68. The summed E-state index contributed by atoms with van der Waals surface area (Å²) in [6.45, 7) is 19.1. The van der Waals surface area contributed by atoms with Crippen molar-refractivity contribution in [2.75, 3.05) is 13.2 Å². The zero-order valence-electron chi connectivity index (χ0n) is 54.1. The standard InChI is InChI=1S/C62H90N13O14P.Co.H2N/c1-29-20-39-40(21-30(29)2)75(28-70-39)57-52(84)53(41(27-76)87-57)89-90(85,86)88-31(3)26-69-49(83)18-19-59(8)37(22-46(66)80)56-62(11)61(10,25-48(68)82)36(14-17-45(65)79)51(74-62)33(5)55-60(9,24-47(67)81)34(12-15-43(63)77)38(71-55)23-42-58(6,7)35(13-16-44(64)78)50(72-42)32(4)54(59)73-56;;/h20-21,23,28,31,34-37,41,52-53,56-57,76,84H,12-19,22,24-27H2,1-11H3,(H15,63,64,65,66,67,68,69,71,72,73,74,77,78,79,80,81,82,83,85,86);;1H2/q;+2;-1/p-1/t31?,34-,35-,36-,37+,41-,52-,53-,56?,57-,59-,60+,61+,62+;;/m1../s1. The number of hydrogen-bond donors (Lipinski definition) is 10. The Morgan fingerprint density at radius 1 is 0.783 bits per heavy atom. The Bertz CT molecular complexity index is 3550. The average Bonchev–Trinajstić information content (AvgIpc) is 1.53. The number of aryl methyl sites for hydroxylation is 2. The molecule has 18 N–H and O–H groups in total. The number of primary amides is 6. The van der Waals surface area contributed by atoms with Crippen molar-refractivity contribution >= 4 is 77.3 Å². The molecular formula is C62H91CoN14O14P. The number of nitrogens with two attached hydrogens (primary N) is 7. The molecule has 0 saturated carbocycles. The van der Waals surface area contributed by atoms with E-state index in [2.05, 4.69) is 10.3 Å². The summed E-state index contributed by atoms with van der Waals surface area (Å²) >= 11 is 0. The number of carbonyl (C=O) groups is 7. The van der Waals surface area contributed by atoms with Crippen molar-refractivity contribution in [3.63, 3.8) is 0 Å². The summed E-state index contributed by atoms with van der Waals surface area (Å²) < 4.78 is 32.3. The number of allylic oxidation sites excluding steroid dienone is 6. The Labute approximate surface area is 545 Å². The van der Waals surface area contributed by atoms with Gasteiger partial charge in [-0.25, -0.2) is 9.55 Å². The average molecular weight is 1350 g/mol. The van der Waals surface area contributed by atoms with E-state index in [1.54, 1.807) is 11.5 Å². The summed E-state index contributed by atoms with van der Waals surface area (Å²) in [5.74, 6) is -7.34. The third-order valence-electron chi connectivity index (χ3n) is 20.5. The predicted molar refractivity (Wildman–Crippen MR) is 339 cm³/mol. The van der Waals surface area contributed by atoms with Crippen LogP contribution in [0.25, 0.3) is 22.5 Å². The van der Waals surface area contributed by atoms with Crippen LogP contribution in [-0.4, -0.2) is 132 Å². The van der Waals surface area contributed by atoms with Gasteiger partial charge in [-0.1, -0.05) is 47.1 Å². The molecule has 2 fully saturated rings. The first-order chi connectivity index (χ1) is 41.8. The number of phosphoric acid groups is 1. The van der Waals surface area contributed by atoms with Crippen LogP contribution in [0.3, 0.4) is 0 Å². The van der Waals surface area contributed by atoms with Crippen molar-refractivity contribution in [2.45, 2.75) is 189 Å². The number of ether oxygens (including phenoxy) is 1. The molecule has 6 aliphatic rings. The minimum atomic E-state index is -5.07. The monoisotopic (exact) mass is 1350 g/mol. The van der Waals surface area contributed by atoms with Gasteiger partial charge in [0.1, 0.15) is 18.3 Å². The number of aromatic nitrogens is 2. The van der Waals surface area contributed by atoms with E-state index in [0.29, 0.717) is 56.4 Å². The molecule has 507 valence electrons. The molecule has 28 nitrogen and oxygen atoms in total. The molecule has 2 aromatic rings. The number of imidazole rings is 1. The van der Waals surface area contributed by atoms with Gasteiger partial charge in [-0.05, 0) is 118 Å². The SMILES string of the molecule is C/C1=C2N=C(/C=C3N=C(/C(C)=C4\[N-][C@@](C)(C5N=C1[C@](C)(CCC(=O)NCC(C)OP(=O)(O)O[C@H]1[C@@H](O)[C@H](n6cnc7cc(C)c(C)cc76)O[C@@H]1CO)[C@H]5CC(N)=O)[C@@](C)(CC(N)=O)[C@@H]4CCC(N)=O)[C@@](C)(CC(N)=O)[C@@H]\3CCC(N)=O)C(C)(C)[C@@H]/2CCC(N)=O.[Co+2].[NH2-].